The van der Waals surface area contributed by atoms with Crippen molar-refractivity contribution < 1.29 is 14.4 Å². The van der Waals surface area contributed by atoms with Crippen LogP contribution in [0.3, 0.4) is 0 Å². The topological polar surface area (TPSA) is 88.2 Å². The molecule has 1 aliphatic heterocycles. The van der Waals surface area contributed by atoms with E-state index in [2.05, 4.69) is 15.6 Å². The first kappa shape index (κ1) is 16.3. The molecular weight excluding hydrogens is 326 g/mol. The Hall–Kier alpha value is -2.54. The molecule has 2 N–H and O–H groups in total. The van der Waals surface area contributed by atoms with Gasteiger partial charge in [-0.2, -0.15) is 0 Å². The van der Waals surface area contributed by atoms with Crippen molar-refractivity contribution in [2.24, 2.45) is 5.41 Å². The van der Waals surface area contributed by atoms with E-state index in [0.717, 1.165) is 16.0 Å². The average Bonchev–Trinajstić information content (AvgIpc) is 2.95. The van der Waals surface area contributed by atoms with E-state index in [0.29, 0.717) is 12.8 Å². The molecule has 0 radical (unpaired) electrons. The standard InChI is InChI=1S/C17H17N3O3S/c1-11-5-9-24-13(11)10-17(6-2-12-3-7-18-8-4-12)14(21)19-16(23)20-15(17)22/h3-5,7-9H,2,6,10H2,1H3,(H2,19,20,21,22,23). The maximum absolute atomic E-state index is 12.6. The lowest BCUT2D eigenvalue weighted by Gasteiger charge is -2.34. The lowest BCUT2D eigenvalue weighted by atomic mass is 9.75. The van der Waals surface area contributed by atoms with E-state index in [1.165, 1.54) is 11.3 Å². The maximum atomic E-state index is 12.6. The number of rotatable bonds is 5. The third kappa shape index (κ3) is 3.07. The highest BCUT2D eigenvalue weighted by molar-refractivity contribution is 7.10. The van der Waals surface area contributed by atoms with Crippen LogP contribution >= 0.6 is 11.3 Å². The minimum atomic E-state index is -1.28. The number of carbonyl (C=O) groups excluding carboxylic acids is 3. The molecule has 7 heteroatoms. The summed E-state index contributed by atoms with van der Waals surface area (Å²) in [5.74, 6) is -1.06. The molecule has 0 atom stereocenters. The van der Waals surface area contributed by atoms with Gasteiger partial charge in [-0.25, -0.2) is 4.79 Å². The third-order valence-corrected chi connectivity index (χ3v) is 5.37. The molecule has 0 aliphatic carbocycles. The number of pyridine rings is 1. The first-order chi connectivity index (χ1) is 11.5. The summed E-state index contributed by atoms with van der Waals surface area (Å²) in [5, 5.41) is 6.44. The number of imide groups is 2. The fourth-order valence-corrected chi connectivity index (χ4v) is 3.84. The summed E-state index contributed by atoms with van der Waals surface area (Å²) in [5.41, 5.74) is 0.748. The molecule has 1 fully saturated rings. The Kier molecular flexibility index (Phi) is 4.44. The Morgan fingerprint density at radius 2 is 1.75 bits per heavy atom. The van der Waals surface area contributed by atoms with Gasteiger partial charge in [0.05, 0.1) is 0 Å². The van der Waals surface area contributed by atoms with Gasteiger partial charge in [0.25, 0.3) is 0 Å². The zero-order chi connectivity index (χ0) is 17.2. The first-order valence-corrected chi connectivity index (χ1v) is 8.48. The number of urea groups is 1. The van der Waals surface area contributed by atoms with Gasteiger partial charge in [-0.15, -0.1) is 11.3 Å². The Labute approximate surface area is 143 Å². The lowest BCUT2D eigenvalue weighted by Crippen LogP contribution is -2.63. The van der Waals surface area contributed by atoms with Crippen LogP contribution < -0.4 is 10.6 Å². The smallest absolute Gasteiger partial charge is 0.277 e. The second-order valence-electron chi connectivity index (χ2n) is 5.88. The normalized spacial score (nSPS) is 16.6. The molecule has 3 heterocycles. The summed E-state index contributed by atoms with van der Waals surface area (Å²) >= 11 is 1.51. The van der Waals surface area contributed by atoms with Gasteiger partial charge in [-0.05, 0) is 54.5 Å². The van der Waals surface area contributed by atoms with Crippen molar-refractivity contribution in [3.63, 3.8) is 0 Å². The molecule has 1 saturated heterocycles. The van der Waals surface area contributed by atoms with Gasteiger partial charge < -0.3 is 0 Å². The molecule has 6 nitrogen and oxygen atoms in total. The van der Waals surface area contributed by atoms with Crippen LogP contribution in [0.25, 0.3) is 0 Å². The second-order valence-corrected chi connectivity index (χ2v) is 6.88. The summed E-state index contributed by atoms with van der Waals surface area (Å²) in [6.07, 6.45) is 4.50. The number of aromatic nitrogens is 1. The van der Waals surface area contributed by atoms with Gasteiger partial charge in [0.1, 0.15) is 5.41 Å². The van der Waals surface area contributed by atoms with Crippen molar-refractivity contribution in [3.8, 4) is 0 Å². The Bertz CT molecular complexity index is 765. The Morgan fingerprint density at radius 3 is 2.33 bits per heavy atom. The number of thiophene rings is 1. The van der Waals surface area contributed by atoms with Crippen molar-refractivity contribution >= 4 is 29.2 Å². The molecule has 0 saturated carbocycles. The highest BCUT2D eigenvalue weighted by Crippen LogP contribution is 2.34. The molecule has 4 amide bonds. The summed E-state index contributed by atoms with van der Waals surface area (Å²) in [7, 11) is 0. The number of amides is 4. The van der Waals surface area contributed by atoms with Crippen LogP contribution in [0, 0.1) is 12.3 Å². The SMILES string of the molecule is Cc1ccsc1CC1(CCc2ccncc2)C(=O)NC(=O)NC1=O. The molecule has 2 aromatic heterocycles. The van der Waals surface area contributed by atoms with E-state index >= 15 is 0 Å². The molecule has 0 unspecified atom stereocenters. The monoisotopic (exact) mass is 343 g/mol. The van der Waals surface area contributed by atoms with Gasteiger partial charge in [0.15, 0.2) is 0 Å². The largest absolute Gasteiger partial charge is 0.328 e. The fourth-order valence-electron chi connectivity index (χ4n) is 2.82. The highest BCUT2D eigenvalue weighted by atomic mass is 32.1. The van der Waals surface area contributed by atoms with Crippen LogP contribution in [0.1, 0.15) is 22.4 Å². The quantitative estimate of drug-likeness (QED) is 0.813. The van der Waals surface area contributed by atoms with Crippen LogP contribution in [0.5, 0.6) is 0 Å². The Morgan fingerprint density at radius 1 is 1.08 bits per heavy atom. The van der Waals surface area contributed by atoms with Gasteiger partial charge in [0, 0.05) is 23.7 Å². The number of nitrogens with one attached hydrogen (secondary N) is 2. The number of barbiturate groups is 1. The fraction of sp³-hybridized carbons (Fsp3) is 0.294. The van der Waals surface area contributed by atoms with E-state index in [1.807, 2.05) is 30.5 Å². The Balaban J connectivity index is 1.91. The van der Waals surface area contributed by atoms with Crippen LogP contribution in [-0.2, 0) is 22.4 Å². The van der Waals surface area contributed by atoms with Crippen LogP contribution in [0.4, 0.5) is 4.79 Å². The van der Waals surface area contributed by atoms with Crippen molar-refractivity contribution in [2.75, 3.05) is 0 Å². The molecule has 0 spiro atoms. The highest BCUT2D eigenvalue weighted by Gasteiger charge is 2.50. The minimum Gasteiger partial charge on any atom is -0.277 e. The van der Waals surface area contributed by atoms with Crippen molar-refractivity contribution in [3.05, 3.63) is 52.0 Å². The second kappa shape index (κ2) is 6.52. The molecule has 124 valence electrons. The van der Waals surface area contributed by atoms with E-state index in [9.17, 15) is 14.4 Å². The summed E-state index contributed by atoms with van der Waals surface area (Å²) in [4.78, 5) is 41.6. The van der Waals surface area contributed by atoms with Gasteiger partial charge in [0.2, 0.25) is 11.8 Å². The third-order valence-electron chi connectivity index (χ3n) is 4.34. The predicted octanol–water partition coefficient (Wildman–Crippen LogP) is 1.98. The van der Waals surface area contributed by atoms with E-state index in [4.69, 9.17) is 0 Å². The van der Waals surface area contributed by atoms with Gasteiger partial charge in [-0.1, -0.05) is 0 Å². The molecule has 3 rings (SSSR count). The van der Waals surface area contributed by atoms with Gasteiger partial charge in [-0.3, -0.25) is 25.2 Å². The van der Waals surface area contributed by atoms with E-state index < -0.39 is 23.3 Å². The summed E-state index contributed by atoms with van der Waals surface area (Å²) in [6, 6.07) is 4.91. The first-order valence-electron chi connectivity index (χ1n) is 7.60. The average molecular weight is 343 g/mol. The number of nitrogens with zero attached hydrogens (tertiary/aromatic N) is 1. The van der Waals surface area contributed by atoms with E-state index in [-0.39, 0.29) is 6.42 Å². The molecule has 2 aromatic rings. The van der Waals surface area contributed by atoms with Crippen molar-refractivity contribution in [2.45, 2.75) is 26.2 Å². The van der Waals surface area contributed by atoms with Gasteiger partial charge >= 0.3 is 6.03 Å². The van der Waals surface area contributed by atoms with Crippen molar-refractivity contribution in [1.29, 1.82) is 0 Å². The maximum Gasteiger partial charge on any atom is 0.328 e. The predicted molar refractivity (Wildman–Crippen MR) is 89.4 cm³/mol. The van der Waals surface area contributed by atoms with Crippen LogP contribution in [-0.4, -0.2) is 22.8 Å². The van der Waals surface area contributed by atoms with Crippen molar-refractivity contribution in [1.82, 2.24) is 15.6 Å². The number of carbonyl (C=O) groups is 3. The summed E-state index contributed by atoms with van der Waals surface area (Å²) < 4.78 is 0. The number of aryl methyl sites for hydroxylation is 2. The zero-order valence-electron chi connectivity index (χ0n) is 13.2. The molecule has 0 bridgehead atoms. The number of hydrogen-bond donors (Lipinski definition) is 2. The van der Waals surface area contributed by atoms with Crippen LogP contribution in [0.2, 0.25) is 0 Å². The molecule has 1 aliphatic rings. The minimum absolute atomic E-state index is 0.284. The zero-order valence-corrected chi connectivity index (χ0v) is 14.0. The summed E-state index contributed by atoms with van der Waals surface area (Å²) in [6.45, 7) is 1.95. The van der Waals surface area contributed by atoms with Crippen LogP contribution in [0.15, 0.2) is 36.0 Å². The molecule has 24 heavy (non-hydrogen) atoms. The number of hydrogen-bond acceptors (Lipinski definition) is 5. The molecular formula is C17H17N3O3S. The molecule has 0 aromatic carbocycles. The lowest BCUT2D eigenvalue weighted by molar-refractivity contribution is -0.144. The van der Waals surface area contributed by atoms with E-state index in [1.54, 1.807) is 12.4 Å².